The third kappa shape index (κ3) is 2.95. The predicted molar refractivity (Wildman–Crippen MR) is 105 cm³/mol. The van der Waals surface area contributed by atoms with Crippen molar-refractivity contribution >= 4 is 28.6 Å². The smallest absolute Gasteiger partial charge is 0.296 e. The summed E-state index contributed by atoms with van der Waals surface area (Å²) in [6.07, 6.45) is 0.0404. The van der Waals surface area contributed by atoms with Gasteiger partial charge in [0.1, 0.15) is 48.2 Å². The number of halogens is 1. The van der Waals surface area contributed by atoms with Gasteiger partial charge in [0.05, 0.1) is 23.8 Å². The lowest BCUT2D eigenvalue weighted by molar-refractivity contribution is 0.00706. The van der Waals surface area contributed by atoms with Crippen molar-refractivity contribution in [3.05, 3.63) is 35.1 Å². The van der Waals surface area contributed by atoms with Gasteiger partial charge in [0.15, 0.2) is 11.8 Å². The Kier molecular flexibility index (Phi) is 4.20. The Hall–Kier alpha value is -2.66. The van der Waals surface area contributed by atoms with Crippen LogP contribution >= 0.6 is 11.6 Å². The molecule has 2 fully saturated rings. The minimum Gasteiger partial charge on any atom is -0.489 e. The molecule has 3 aliphatic rings. The minimum absolute atomic E-state index is 0.156. The average Bonchev–Trinajstić information content (AvgIpc) is 3.49. The molecule has 0 aromatic carbocycles. The van der Waals surface area contributed by atoms with Crippen LogP contribution in [0.5, 0.6) is 11.8 Å². The van der Waals surface area contributed by atoms with E-state index in [1.807, 2.05) is 12.1 Å². The highest BCUT2D eigenvalue weighted by Gasteiger charge is 2.48. The molecule has 3 aromatic rings. The molecule has 156 valence electrons. The van der Waals surface area contributed by atoms with Gasteiger partial charge in [-0.05, 0) is 18.2 Å². The van der Waals surface area contributed by atoms with Gasteiger partial charge < -0.3 is 34.4 Å². The third-order valence-electron chi connectivity index (χ3n) is 5.50. The fourth-order valence-electron chi connectivity index (χ4n) is 4.05. The van der Waals surface area contributed by atoms with Crippen LogP contribution in [-0.2, 0) is 9.47 Å². The number of aliphatic hydroxyl groups excluding tert-OH is 1. The number of aromatic amines is 1. The summed E-state index contributed by atoms with van der Waals surface area (Å²) in [6.45, 7) is 0.996. The summed E-state index contributed by atoms with van der Waals surface area (Å²) < 4.78 is 22.7. The van der Waals surface area contributed by atoms with Gasteiger partial charge in [-0.1, -0.05) is 11.6 Å². The standard InChI is InChI=1S/C19H18ClN5O5/c20-8-4-9-18(24-17(8)22-10-5-27-12-2-1-3-21-14(10)12)25-19(23-9)30-13-7-29-15-11(26)6-28-16(13)15/h1-4,10-11,13,15-16,26H,5-7H2,(H2,22,23,24,25)/t10-,11-,13-,15-,16-/m1/s1. The van der Waals surface area contributed by atoms with E-state index >= 15 is 0 Å². The van der Waals surface area contributed by atoms with E-state index in [4.69, 9.17) is 30.5 Å². The molecule has 11 heteroatoms. The summed E-state index contributed by atoms with van der Waals surface area (Å²) in [5, 5.41) is 13.6. The first-order valence-electron chi connectivity index (χ1n) is 9.64. The van der Waals surface area contributed by atoms with Crippen LogP contribution in [0.3, 0.4) is 0 Å². The van der Waals surface area contributed by atoms with E-state index in [-0.39, 0.29) is 31.0 Å². The van der Waals surface area contributed by atoms with Crippen molar-refractivity contribution in [1.29, 1.82) is 0 Å². The number of aliphatic hydroxyl groups is 1. The number of hydrogen-bond acceptors (Lipinski definition) is 9. The number of nitrogens with zero attached hydrogens (tertiary/aromatic N) is 3. The lowest BCUT2D eigenvalue weighted by Crippen LogP contribution is -2.34. The monoisotopic (exact) mass is 431 g/mol. The van der Waals surface area contributed by atoms with E-state index in [1.54, 1.807) is 12.3 Å². The van der Waals surface area contributed by atoms with Crippen molar-refractivity contribution in [3.8, 4) is 11.8 Å². The number of pyridine rings is 2. The van der Waals surface area contributed by atoms with Crippen molar-refractivity contribution in [2.45, 2.75) is 30.5 Å². The molecule has 6 rings (SSSR count). The molecule has 30 heavy (non-hydrogen) atoms. The van der Waals surface area contributed by atoms with Crippen LogP contribution in [0.1, 0.15) is 11.7 Å². The molecule has 0 amide bonds. The molecule has 2 saturated heterocycles. The zero-order valence-corrected chi connectivity index (χ0v) is 16.4. The van der Waals surface area contributed by atoms with Crippen LogP contribution in [0.15, 0.2) is 24.4 Å². The summed E-state index contributed by atoms with van der Waals surface area (Å²) >= 11 is 6.43. The van der Waals surface area contributed by atoms with Gasteiger partial charge in [-0.3, -0.25) is 4.98 Å². The second kappa shape index (κ2) is 6.95. The van der Waals surface area contributed by atoms with Gasteiger partial charge in [0.2, 0.25) is 0 Å². The highest BCUT2D eigenvalue weighted by atomic mass is 35.5. The first-order valence-corrected chi connectivity index (χ1v) is 10.0. The summed E-state index contributed by atoms with van der Waals surface area (Å²) in [4.78, 5) is 16.4. The van der Waals surface area contributed by atoms with Crippen molar-refractivity contribution in [2.24, 2.45) is 0 Å². The molecular formula is C19H18ClN5O5. The number of aromatic nitrogens is 4. The quantitative estimate of drug-likeness (QED) is 0.563. The number of H-pyrrole nitrogens is 1. The van der Waals surface area contributed by atoms with Gasteiger partial charge in [0, 0.05) is 6.20 Å². The van der Waals surface area contributed by atoms with Crippen molar-refractivity contribution in [3.63, 3.8) is 0 Å². The molecule has 0 unspecified atom stereocenters. The number of imidazole rings is 1. The Morgan fingerprint density at radius 2 is 2.10 bits per heavy atom. The van der Waals surface area contributed by atoms with E-state index < -0.39 is 6.10 Å². The summed E-state index contributed by atoms with van der Waals surface area (Å²) in [5.74, 6) is 1.24. The van der Waals surface area contributed by atoms with Crippen LogP contribution in [-0.4, -0.2) is 69.3 Å². The van der Waals surface area contributed by atoms with Gasteiger partial charge in [-0.25, -0.2) is 4.98 Å². The van der Waals surface area contributed by atoms with Crippen LogP contribution < -0.4 is 14.8 Å². The zero-order chi connectivity index (χ0) is 20.2. The second-order valence-corrected chi connectivity index (χ2v) is 7.85. The van der Waals surface area contributed by atoms with Crippen LogP contribution in [0.2, 0.25) is 5.02 Å². The zero-order valence-electron chi connectivity index (χ0n) is 15.6. The molecule has 0 spiro atoms. The SMILES string of the molecule is O[C@@H]1CO[C@H]2[C@@H]1OC[C@H]2Oc1nc2nc(N[C@@H]3COc4cccnc43)c(Cl)cc2[nH]1. The fraction of sp³-hybridized carbons (Fsp3) is 0.421. The van der Waals surface area contributed by atoms with E-state index in [1.165, 1.54) is 0 Å². The Balaban J connectivity index is 1.23. The Bertz CT molecular complexity index is 1110. The number of ether oxygens (including phenoxy) is 4. The highest BCUT2D eigenvalue weighted by molar-refractivity contribution is 6.33. The van der Waals surface area contributed by atoms with Crippen LogP contribution in [0.4, 0.5) is 5.82 Å². The Labute approximate surface area is 175 Å². The van der Waals surface area contributed by atoms with E-state index in [0.29, 0.717) is 41.2 Å². The number of anilines is 1. The van der Waals surface area contributed by atoms with Crippen molar-refractivity contribution in [1.82, 2.24) is 19.9 Å². The molecule has 6 heterocycles. The first-order chi connectivity index (χ1) is 14.7. The molecular weight excluding hydrogens is 414 g/mol. The maximum Gasteiger partial charge on any atom is 0.296 e. The average molecular weight is 432 g/mol. The minimum atomic E-state index is -0.632. The van der Waals surface area contributed by atoms with Gasteiger partial charge >= 0.3 is 0 Å². The molecule has 5 atom stereocenters. The maximum atomic E-state index is 9.86. The van der Waals surface area contributed by atoms with Crippen LogP contribution in [0.25, 0.3) is 11.2 Å². The van der Waals surface area contributed by atoms with Gasteiger partial charge in [-0.2, -0.15) is 4.98 Å². The maximum absolute atomic E-state index is 9.86. The topological polar surface area (TPSA) is 124 Å². The largest absolute Gasteiger partial charge is 0.489 e. The summed E-state index contributed by atoms with van der Waals surface area (Å²) in [6, 6.07) is 5.59. The van der Waals surface area contributed by atoms with Crippen molar-refractivity contribution < 1.29 is 24.1 Å². The van der Waals surface area contributed by atoms with E-state index in [0.717, 1.165) is 11.4 Å². The molecule has 0 saturated carbocycles. The predicted octanol–water partition coefficient (Wildman–Crippen LogP) is 1.46. The lowest BCUT2D eigenvalue weighted by Gasteiger charge is -2.15. The first kappa shape index (κ1) is 18.1. The normalized spacial score (nSPS) is 29.6. The molecule has 3 aromatic heterocycles. The number of fused-ring (bicyclic) bond motifs is 3. The van der Waals surface area contributed by atoms with Gasteiger partial charge in [0.25, 0.3) is 6.01 Å². The highest BCUT2D eigenvalue weighted by Crippen LogP contribution is 2.35. The van der Waals surface area contributed by atoms with Crippen molar-refractivity contribution in [2.75, 3.05) is 25.1 Å². The van der Waals surface area contributed by atoms with E-state index in [9.17, 15) is 5.11 Å². The third-order valence-corrected chi connectivity index (χ3v) is 5.78. The van der Waals surface area contributed by atoms with Gasteiger partial charge in [-0.15, -0.1) is 0 Å². The Morgan fingerprint density at radius 3 is 3.03 bits per heavy atom. The summed E-state index contributed by atoms with van der Waals surface area (Å²) in [5.41, 5.74) is 1.92. The molecule has 3 aliphatic heterocycles. The second-order valence-electron chi connectivity index (χ2n) is 7.45. The number of rotatable bonds is 4. The molecule has 3 N–H and O–H groups in total. The van der Waals surface area contributed by atoms with Crippen LogP contribution in [0, 0.1) is 0 Å². The molecule has 0 bridgehead atoms. The fourth-order valence-corrected chi connectivity index (χ4v) is 4.26. The molecule has 0 radical (unpaired) electrons. The Morgan fingerprint density at radius 1 is 1.20 bits per heavy atom. The number of nitrogens with one attached hydrogen (secondary N) is 2. The molecule has 10 nitrogen and oxygen atoms in total. The summed E-state index contributed by atoms with van der Waals surface area (Å²) in [7, 11) is 0. The molecule has 0 aliphatic carbocycles. The van der Waals surface area contributed by atoms with E-state index in [2.05, 4.69) is 25.3 Å². The number of hydrogen-bond donors (Lipinski definition) is 3. The lowest BCUT2D eigenvalue weighted by atomic mass is 10.1.